The van der Waals surface area contributed by atoms with Crippen LogP contribution < -0.4 is 20.2 Å². The molecule has 1 saturated heterocycles. The van der Waals surface area contributed by atoms with Gasteiger partial charge in [0.25, 0.3) is 0 Å². The average molecular weight is 592 g/mol. The summed E-state index contributed by atoms with van der Waals surface area (Å²) in [4.78, 5) is 27.0. The topological polar surface area (TPSA) is 196 Å². The van der Waals surface area contributed by atoms with E-state index in [4.69, 9.17) is 24.3 Å². The van der Waals surface area contributed by atoms with Crippen LogP contribution in [0.4, 0.5) is 11.8 Å². The van der Waals surface area contributed by atoms with Gasteiger partial charge >= 0.3 is 13.7 Å². The van der Waals surface area contributed by atoms with E-state index in [1.807, 2.05) is 0 Å². The first-order valence-electron chi connectivity index (χ1n) is 13.0. The Labute approximate surface area is 236 Å². The molecule has 1 saturated carbocycles. The molecule has 5 rings (SSSR count). The van der Waals surface area contributed by atoms with E-state index in [1.165, 1.54) is 24.7 Å². The lowest BCUT2D eigenvalue weighted by molar-refractivity contribution is -0.155. The zero-order chi connectivity index (χ0) is 29.9. The van der Waals surface area contributed by atoms with E-state index < -0.39 is 55.5 Å². The van der Waals surface area contributed by atoms with Crippen LogP contribution in [0.15, 0.2) is 36.7 Å². The van der Waals surface area contributed by atoms with Gasteiger partial charge in [-0.05, 0) is 39.8 Å². The molecular formula is C25H34N7O8P. The van der Waals surface area contributed by atoms with Gasteiger partial charge in [0.15, 0.2) is 28.8 Å². The molecule has 1 unspecified atom stereocenters. The van der Waals surface area contributed by atoms with Crippen LogP contribution in [0, 0.1) is 0 Å². The number of hydrogen-bond donors (Lipinski definition) is 4. The lowest BCUT2D eigenvalue weighted by Gasteiger charge is -2.33. The Hall–Kier alpha value is -3.33. The van der Waals surface area contributed by atoms with Gasteiger partial charge in [-0.2, -0.15) is 15.1 Å². The minimum atomic E-state index is -4.35. The number of aromatic nitrogens is 4. The second kappa shape index (κ2) is 10.2. The summed E-state index contributed by atoms with van der Waals surface area (Å²) in [6.45, 7) is 6.18. The van der Waals surface area contributed by atoms with E-state index in [2.05, 4.69) is 20.0 Å². The van der Waals surface area contributed by atoms with Crippen LogP contribution in [0.2, 0.25) is 0 Å². The fourth-order valence-corrected chi connectivity index (χ4v) is 6.59. The number of nitrogens with one attached hydrogen (secondary N) is 1. The molecule has 2 aromatic heterocycles. The van der Waals surface area contributed by atoms with Gasteiger partial charge in [-0.25, -0.2) is 9.55 Å². The van der Waals surface area contributed by atoms with Crippen LogP contribution in [-0.2, 0) is 23.4 Å². The number of aliphatic hydroxyl groups is 2. The average Bonchev–Trinajstić information content (AvgIpc) is 3.14. The van der Waals surface area contributed by atoms with Gasteiger partial charge in [-0.3, -0.25) is 13.9 Å². The summed E-state index contributed by atoms with van der Waals surface area (Å²) in [7, 11) is -0.801. The highest BCUT2D eigenvalue weighted by molar-refractivity contribution is 7.52. The lowest BCUT2D eigenvalue weighted by atomic mass is 9.95. The van der Waals surface area contributed by atoms with E-state index >= 15 is 0 Å². The first-order chi connectivity index (χ1) is 19.2. The second-order valence-electron chi connectivity index (χ2n) is 10.8. The van der Waals surface area contributed by atoms with Crippen LogP contribution in [-0.4, -0.2) is 85.4 Å². The van der Waals surface area contributed by atoms with Crippen LogP contribution >= 0.6 is 7.75 Å². The summed E-state index contributed by atoms with van der Waals surface area (Å²) in [5.41, 5.74) is 2.63. The van der Waals surface area contributed by atoms with Gasteiger partial charge in [0, 0.05) is 14.1 Å². The monoisotopic (exact) mass is 591 g/mol. The van der Waals surface area contributed by atoms with Gasteiger partial charge < -0.3 is 34.8 Å². The van der Waals surface area contributed by atoms with Crippen molar-refractivity contribution >= 4 is 36.6 Å². The number of imidazole rings is 1. The van der Waals surface area contributed by atoms with Crippen LogP contribution in [0.25, 0.3) is 11.2 Å². The summed E-state index contributed by atoms with van der Waals surface area (Å²) < 4.78 is 38.2. The van der Waals surface area contributed by atoms with Gasteiger partial charge in [-0.1, -0.05) is 18.2 Å². The van der Waals surface area contributed by atoms with Crippen molar-refractivity contribution in [3.8, 4) is 5.75 Å². The number of para-hydroxylation sites is 1. The van der Waals surface area contributed by atoms with E-state index in [9.17, 15) is 19.6 Å². The van der Waals surface area contributed by atoms with Crippen molar-refractivity contribution in [3.63, 3.8) is 0 Å². The van der Waals surface area contributed by atoms with E-state index in [0.29, 0.717) is 11.3 Å². The van der Waals surface area contributed by atoms with Crippen molar-refractivity contribution in [3.05, 3.63) is 36.7 Å². The number of carbonyl (C=O) groups is 1. The Morgan fingerprint density at radius 3 is 2.49 bits per heavy atom. The molecule has 1 aliphatic heterocycles. The standard InChI is InChI=1S/C25H34N7O8P/c1-13(2)37-21(33)14(3)30-41(36,39-15-10-8-7-9-11-15)40-18-17-25(18,35)24(4,34)22(38-17)32-12-27-16-19(31(5)6)28-23(26)29-20(16)32/h7-14,17-18,22,34-35H,1-6H3,(H,30,36)(H2,26,28,29)/t14-,17+,18?,22+,24-,25-,41-/m0/s1. The normalized spacial score (nSPS) is 29.1. The summed E-state index contributed by atoms with van der Waals surface area (Å²) in [5.74, 6) is -0.0381. The largest absolute Gasteiger partial charge is 0.462 e. The molecule has 2 aliphatic rings. The molecule has 3 aromatic rings. The number of benzene rings is 1. The van der Waals surface area contributed by atoms with Crippen molar-refractivity contribution in [1.82, 2.24) is 24.6 Å². The maximum Gasteiger partial charge on any atom is 0.459 e. The number of esters is 1. The number of carbonyl (C=O) groups excluding carboxylic acids is 1. The molecule has 1 aromatic carbocycles. The Morgan fingerprint density at radius 1 is 1.22 bits per heavy atom. The van der Waals surface area contributed by atoms with Gasteiger partial charge in [0.1, 0.15) is 29.6 Å². The molecule has 2 fully saturated rings. The number of ether oxygens (including phenoxy) is 2. The van der Waals surface area contributed by atoms with Gasteiger partial charge in [-0.15, -0.1) is 0 Å². The van der Waals surface area contributed by atoms with Crippen LogP contribution in [0.3, 0.4) is 0 Å². The fraction of sp³-hybridized carbons (Fsp3) is 0.520. The predicted molar refractivity (Wildman–Crippen MR) is 147 cm³/mol. The maximum absolute atomic E-state index is 14.0. The third-order valence-corrected chi connectivity index (χ3v) is 8.63. The zero-order valence-corrected chi connectivity index (χ0v) is 24.3. The van der Waals surface area contributed by atoms with Crippen molar-refractivity contribution in [2.45, 2.75) is 69.5 Å². The highest BCUT2D eigenvalue weighted by atomic mass is 31.2. The molecule has 222 valence electrons. The molecule has 16 heteroatoms. The summed E-state index contributed by atoms with van der Waals surface area (Å²) in [6, 6.07) is 7.10. The number of nitrogen functional groups attached to an aromatic ring is 1. The van der Waals surface area contributed by atoms with Gasteiger partial charge in [0.2, 0.25) is 5.95 Å². The van der Waals surface area contributed by atoms with E-state index in [0.717, 1.165) is 0 Å². The third kappa shape index (κ3) is 5.02. The number of anilines is 2. The third-order valence-electron chi connectivity index (χ3n) is 6.98. The number of rotatable bonds is 10. The Kier molecular flexibility index (Phi) is 7.25. The quantitative estimate of drug-likeness (QED) is 0.195. The molecule has 5 N–H and O–H groups in total. The number of fused-ring (bicyclic) bond motifs is 2. The Bertz CT molecular complexity index is 1500. The lowest BCUT2D eigenvalue weighted by Crippen LogP contribution is -2.49. The molecule has 0 spiro atoms. The minimum Gasteiger partial charge on any atom is -0.462 e. The number of nitrogens with zero attached hydrogens (tertiary/aromatic N) is 5. The van der Waals surface area contributed by atoms with Crippen molar-refractivity contribution in [2.75, 3.05) is 24.7 Å². The first kappa shape index (κ1) is 29.2. The fourth-order valence-electron chi connectivity index (χ4n) is 4.88. The predicted octanol–water partition coefficient (Wildman–Crippen LogP) is 1.37. The second-order valence-corrected chi connectivity index (χ2v) is 12.4. The molecule has 0 radical (unpaired) electrons. The smallest absolute Gasteiger partial charge is 0.459 e. The highest BCUT2D eigenvalue weighted by Crippen LogP contribution is 2.65. The zero-order valence-electron chi connectivity index (χ0n) is 23.5. The summed E-state index contributed by atoms with van der Waals surface area (Å²) >= 11 is 0. The molecule has 0 amide bonds. The molecule has 1 aliphatic carbocycles. The van der Waals surface area contributed by atoms with Crippen LogP contribution in [0.1, 0.15) is 33.9 Å². The highest BCUT2D eigenvalue weighted by Gasteiger charge is 2.84. The van der Waals surface area contributed by atoms with Crippen molar-refractivity contribution < 1.29 is 38.1 Å². The van der Waals surface area contributed by atoms with Crippen molar-refractivity contribution in [1.29, 1.82) is 0 Å². The maximum atomic E-state index is 14.0. The van der Waals surface area contributed by atoms with Crippen LogP contribution in [0.5, 0.6) is 5.75 Å². The molecule has 7 atom stereocenters. The number of nitrogens with two attached hydrogens (primary N) is 1. The first-order valence-corrected chi connectivity index (χ1v) is 14.5. The Balaban J connectivity index is 1.41. The van der Waals surface area contributed by atoms with Gasteiger partial charge in [0.05, 0.1) is 12.4 Å². The summed E-state index contributed by atoms with van der Waals surface area (Å²) in [5, 5.41) is 25.8. The molecule has 15 nitrogen and oxygen atoms in total. The number of hydrogen-bond acceptors (Lipinski definition) is 13. The van der Waals surface area contributed by atoms with E-state index in [-0.39, 0.29) is 17.3 Å². The Morgan fingerprint density at radius 2 is 1.90 bits per heavy atom. The van der Waals surface area contributed by atoms with E-state index in [1.54, 1.807) is 63.2 Å². The molecular weight excluding hydrogens is 557 g/mol. The summed E-state index contributed by atoms with van der Waals surface area (Å²) in [6.07, 6.45) is -2.55. The minimum absolute atomic E-state index is 0.0131. The molecule has 41 heavy (non-hydrogen) atoms. The molecule has 3 heterocycles. The van der Waals surface area contributed by atoms with Crippen molar-refractivity contribution in [2.24, 2.45) is 0 Å². The SMILES string of the molecule is CC(C)OC(=O)[C@H](C)N[P@](=O)(Oc1ccccc1)OC1[C@H]2O[C@@H](n3cnc4c(N(C)C)nc(N)nc43)[C@](C)(O)[C@@]12O. The molecule has 0 bridgehead atoms.